The summed E-state index contributed by atoms with van der Waals surface area (Å²) < 4.78 is 2.13. The number of nitrogens with zero attached hydrogens (tertiary/aromatic N) is 2. The van der Waals surface area contributed by atoms with Crippen LogP contribution in [-0.2, 0) is 17.8 Å². The number of hydrogen-bond acceptors (Lipinski definition) is 4. The second-order valence-corrected chi connectivity index (χ2v) is 8.97. The Kier molecular flexibility index (Phi) is 7.67. The van der Waals surface area contributed by atoms with Crippen molar-refractivity contribution in [3.8, 4) is 5.75 Å². The van der Waals surface area contributed by atoms with E-state index in [1.54, 1.807) is 24.3 Å². The molecule has 1 aromatic heterocycles. The lowest BCUT2D eigenvalue weighted by atomic mass is 10.1. The molecule has 0 aliphatic heterocycles. The van der Waals surface area contributed by atoms with Crippen molar-refractivity contribution in [2.45, 2.75) is 18.1 Å². The summed E-state index contributed by atoms with van der Waals surface area (Å²) >= 11 is 7.41. The Labute approximate surface area is 207 Å². The zero-order valence-electron chi connectivity index (χ0n) is 18.3. The quantitative estimate of drug-likeness (QED) is 0.121. The Hall–Kier alpha value is -3.55. The zero-order chi connectivity index (χ0) is 23.9. The first-order valence-corrected chi connectivity index (χ1v) is 12.0. The minimum Gasteiger partial charge on any atom is -0.872 e. The van der Waals surface area contributed by atoms with E-state index in [-0.39, 0.29) is 17.4 Å². The Balaban J connectivity index is 1.43. The summed E-state index contributed by atoms with van der Waals surface area (Å²) in [5.41, 5.74) is 6.69. The molecule has 1 heterocycles. The average molecular weight is 491 g/mol. The normalized spacial score (nSPS) is 11.2. The molecule has 8 heteroatoms. The Morgan fingerprint density at radius 3 is 2.74 bits per heavy atom. The highest BCUT2D eigenvalue weighted by atomic mass is 35.5. The predicted octanol–water partition coefficient (Wildman–Crippen LogP) is 4.20. The minimum absolute atomic E-state index is 0.115. The summed E-state index contributed by atoms with van der Waals surface area (Å²) in [7, 11) is 0. The van der Waals surface area contributed by atoms with E-state index in [4.69, 9.17) is 11.6 Å². The van der Waals surface area contributed by atoms with Crippen molar-refractivity contribution in [3.05, 3.63) is 101 Å². The third kappa shape index (κ3) is 5.68. The van der Waals surface area contributed by atoms with E-state index in [1.807, 2.05) is 48.5 Å². The molecule has 0 saturated heterocycles. The fourth-order valence-electron chi connectivity index (χ4n) is 3.51. The highest BCUT2D eigenvalue weighted by Gasteiger charge is 2.20. The molecule has 0 unspecified atom stereocenters. The fourth-order valence-corrected chi connectivity index (χ4v) is 4.47. The van der Waals surface area contributed by atoms with Crippen LogP contribution >= 0.6 is 23.4 Å². The van der Waals surface area contributed by atoms with Gasteiger partial charge in [0.05, 0.1) is 12.0 Å². The van der Waals surface area contributed by atoms with Crippen LogP contribution in [0.2, 0.25) is 5.02 Å². The number of benzene rings is 3. The van der Waals surface area contributed by atoms with Crippen molar-refractivity contribution in [3.63, 3.8) is 0 Å². The van der Waals surface area contributed by atoms with Crippen molar-refractivity contribution >= 4 is 46.5 Å². The lowest BCUT2D eigenvalue weighted by Crippen LogP contribution is -2.36. The molecule has 4 aromatic rings. The van der Waals surface area contributed by atoms with Gasteiger partial charge in [0.25, 0.3) is 5.91 Å². The predicted molar refractivity (Wildman–Crippen MR) is 135 cm³/mol. The van der Waals surface area contributed by atoms with Gasteiger partial charge in [-0.2, -0.15) is 5.10 Å². The van der Waals surface area contributed by atoms with Gasteiger partial charge in [-0.15, -0.1) is 6.58 Å². The van der Waals surface area contributed by atoms with Crippen LogP contribution in [-0.4, -0.2) is 22.9 Å². The van der Waals surface area contributed by atoms with Gasteiger partial charge in [0, 0.05) is 5.02 Å². The minimum atomic E-state index is -0.271. The standard InChI is InChI=1S/C26H23ClN4O2S/c1-2-6-19-7-5-8-20(25(19)33)15-28-30-24(32)17-34-26-29-22-9-3-4-10-23(22)31(26)16-18-11-13-21(27)14-12-18/h2-5,7-15H,1,6,16-17H2,(H2,28,30,32,33). The van der Waals surface area contributed by atoms with E-state index < -0.39 is 0 Å². The molecular weight excluding hydrogens is 468 g/mol. The molecule has 0 spiro atoms. The number of imidazole rings is 1. The number of carbonyl (C=O) groups is 1. The first-order valence-electron chi connectivity index (χ1n) is 10.6. The number of thioether (sulfide) groups is 1. The van der Waals surface area contributed by atoms with E-state index in [1.165, 1.54) is 18.0 Å². The molecule has 172 valence electrons. The van der Waals surface area contributed by atoms with Crippen molar-refractivity contribution in [2.24, 2.45) is 5.10 Å². The molecular formula is C26H23ClN4O2S. The monoisotopic (exact) mass is 490 g/mol. The number of aromatic amines is 1. The third-order valence-electron chi connectivity index (χ3n) is 5.16. The number of allylic oxidation sites excluding steroid dienone is 1. The van der Waals surface area contributed by atoms with Gasteiger partial charge in [-0.3, -0.25) is 4.79 Å². The molecule has 0 fully saturated rings. The van der Waals surface area contributed by atoms with Crippen LogP contribution in [0.4, 0.5) is 0 Å². The number of aromatic nitrogens is 2. The van der Waals surface area contributed by atoms with E-state index >= 15 is 0 Å². The number of amides is 1. The lowest BCUT2D eigenvalue weighted by Gasteiger charge is -2.15. The molecule has 0 radical (unpaired) electrons. The molecule has 34 heavy (non-hydrogen) atoms. The maximum absolute atomic E-state index is 12.4. The largest absolute Gasteiger partial charge is 0.872 e. The molecule has 6 nitrogen and oxygen atoms in total. The second-order valence-electron chi connectivity index (χ2n) is 7.57. The molecule has 2 N–H and O–H groups in total. The molecule has 0 aliphatic carbocycles. The van der Waals surface area contributed by atoms with Crippen LogP contribution in [0.25, 0.3) is 11.0 Å². The summed E-state index contributed by atoms with van der Waals surface area (Å²) in [6.45, 7) is 4.30. The number of halogens is 1. The summed E-state index contributed by atoms with van der Waals surface area (Å²) in [6.07, 6.45) is 3.55. The number of H-pyrrole nitrogens is 1. The third-order valence-corrected chi connectivity index (χ3v) is 6.41. The topological polar surface area (TPSA) is 84.2 Å². The number of carbonyl (C=O) groups excluding carboxylic acids is 1. The van der Waals surface area contributed by atoms with E-state index in [2.05, 4.69) is 26.7 Å². The summed E-state index contributed by atoms with van der Waals surface area (Å²) in [5, 5.41) is 17.9. The smallest absolute Gasteiger partial charge is 0.317 e. The van der Waals surface area contributed by atoms with Gasteiger partial charge >= 0.3 is 5.16 Å². The van der Waals surface area contributed by atoms with E-state index in [0.717, 1.165) is 21.8 Å². The van der Waals surface area contributed by atoms with Crippen LogP contribution in [0.1, 0.15) is 16.7 Å². The van der Waals surface area contributed by atoms with Gasteiger partial charge in [-0.1, -0.05) is 71.5 Å². The van der Waals surface area contributed by atoms with Crippen molar-refractivity contribution in [2.75, 3.05) is 5.75 Å². The molecule has 0 aliphatic rings. The van der Waals surface area contributed by atoms with Crippen LogP contribution in [0.5, 0.6) is 5.75 Å². The van der Waals surface area contributed by atoms with E-state index in [9.17, 15) is 9.90 Å². The Morgan fingerprint density at radius 2 is 1.94 bits per heavy atom. The Bertz CT molecular complexity index is 1350. The fraction of sp³-hybridized carbons (Fsp3) is 0.115. The number of nitrogens with one attached hydrogen (secondary N) is 2. The van der Waals surface area contributed by atoms with Gasteiger partial charge < -0.3 is 5.11 Å². The van der Waals surface area contributed by atoms with Crippen LogP contribution in [0.15, 0.2) is 89.6 Å². The zero-order valence-corrected chi connectivity index (χ0v) is 19.9. The van der Waals surface area contributed by atoms with Crippen molar-refractivity contribution in [1.82, 2.24) is 10.4 Å². The number of hydrazone groups is 1. The number of hydrogen-bond donors (Lipinski definition) is 2. The molecule has 0 saturated carbocycles. The first-order chi connectivity index (χ1) is 16.5. The number of para-hydroxylation sites is 3. The summed E-state index contributed by atoms with van der Waals surface area (Å²) in [5.74, 6) is -0.227. The van der Waals surface area contributed by atoms with Gasteiger partial charge in [0.15, 0.2) is 11.0 Å². The summed E-state index contributed by atoms with van der Waals surface area (Å²) in [6, 6.07) is 20.9. The maximum atomic E-state index is 12.4. The number of fused-ring (bicyclic) bond motifs is 1. The van der Waals surface area contributed by atoms with Gasteiger partial charge in [-0.25, -0.2) is 15.0 Å². The molecule has 1 amide bonds. The molecule has 3 aromatic carbocycles. The van der Waals surface area contributed by atoms with Gasteiger partial charge in [0.2, 0.25) is 0 Å². The van der Waals surface area contributed by atoms with E-state index in [0.29, 0.717) is 29.1 Å². The van der Waals surface area contributed by atoms with Crippen molar-refractivity contribution in [1.29, 1.82) is 0 Å². The second kappa shape index (κ2) is 11.0. The van der Waals surface area contributed by atoms with Crippen LogP contribution < -0.4 is 15.1 Å². The van der Waals surface area contributed by atoms with Gasteiger partial charge in [0.1, 0.15) is 6.54 Å². The molecule has 4 rings (SSSR count). The first kappa shape index (κ1) is 23.6. The maximum Gasteiger partial charge on any atom is 0.317 e. The SMILES string of the molecule is C=CCc1cccc(/C=N/NC(=O)CSc2[nH]c3ccccc3[n+]2Cc2ccc(Cl)cc2)c1[O-]. The van der Waals surface area contributed by atoms with Gasteiger partial charge in [-0.05, 0) is 53.6 Å². The average Bonchev–Trinajstić information content (AvgIpc) is 3.19. The number of rotatable bonds is 9. The highest BCUT2D eigenvalue weighted by Crippen LogP contribution is 2.20. The van der Waals surface area contributed by atoms with Crippen molar-refractivity contribution < 1.29 is 14.5 Å². The molecule has 0 bridgehead atoms. The summed E-state index contributed by atoms with van der Waals surface area (Å²) in [4.78, 5) is 15.8. The van der Waals surface area contributed by atoms with Crippen LogP contribution in [0.3, 0.4) is 0 Å². The highest BCUT2D eigenvalue weighted by molar-refractivity contribution is 7.99. The lowest BCUT2D eigenvalue weighted by molar-refractivity contribution is -0.700. The Morgan fingerprint density at radius 1 is 1.15 bits per heavy atom. The molecule has 0 atom stereocenters. The van der Waals surface area contributed by atoms with Crippen LogP contribution in [0, 0.1) is 0 Å².